The number of aromatic amines is 1. The Morgan fingerprint density at radius 1 is 1.55 bits per heavy atom. The van der Waals surface area contributed by atoms with Crippen molar-refractivity contribution in [1.29, 1.82) is 0 Å². The van der Waals surface area contributed by atoms with Gasteiger partial charge in [-0.15, -0.1) is 5.10 Å². The molecule has 0 saturated heterocycles. The maximum Gasteiger partial charge on any atom is 0.308 e. The van der Waals surface area contributed by atoms with Gasteiger partial charge in [0.05, 0.1) is 18.1 Å². The van der Waals surface area contributed by atoms with Crippen molar-refractivity contribution in [2.75, 3.05) is 12.4 Å². The quantitative estimate of drug-likeness (QED) is 0.635. The van der Waals surface area contributed by atoms with Gasteiger partial charge in [0, 0.05) is 5.75 Å². The molecule has 2 rings (SSSR count). The number of aryl methyl sites for hydroxylation is 1. The van der Waals surface area contributed by atoms with Crippen LogP contribution in [0.5, 0.6) is 0 Å². The summed E-state index contributed by atoms with van der Waals surface area (Å²) in [5, 5.41) is 18.0. The molecule has 0 spiro atoms. The third kappa shape index (κ3) is 3.96. The number of hydrogen-bond acceptors (Lipinski definition) is 6. The molecule has 20 heavy (non-hydrogen) atoms. The largest absolute Gasteiger partial charge is 0.466 e. The Morgan fingerprint density at radius 2 is 2.25 bits per heavy atom. The van der Waals surface area contributed by atoms with Gasteiger partial charge in [0.25, 0.3) is 0 Å². The number of thioether (sulfide) groups is 1. The summed E-state index contributed by atoms with van der Waals surface area (Å²) < 4.78 is 5.03. The minimum Gasteiger partial charge on any atom is -0.466 e. The average molecular weight is 299 g/mol. The van der Waals surface area contributed by atoms with Crippen LogP contribution in [0, 0.1) is 12.8 Å². The van der Waals surface area contributed by atoms with Gasteiger partial charge in [-0.2, -0.15) is 0 Å². The van der Waals surface area contributed by atoms with Gasteiger partial charge in [0.2, 0.25) is 5.16 Å². The molecule has 0 aromatic carbocycles. The highest BCUT2D eigenvalue weighted by Crippen LogP contribution is 2.36. The van der Waals surface area contributed by atoms with Crippen molar-refractivity contribution in [3.05, 3.63) is 5.82 Å². The molecule has 0 amide bonds. The zero-order valence-corrected chi connectivity index (χ0v) is 12.7. The van der Waals surface area contributed by atoms with E-state index in [1.54, 1.807) is 0 Å². The second kappa shape index (κ2) is 6.58. The molecule has 1 aliphatic rings. The average Bonchev–Trinajstić information content (AvgIpc) is 2.84. The molecule has 1 aromatic heterocycles. The lowest BCUT2D eigenvalue weighted by atomic mass is 9.80. The van der Waals surface area contributed by atoms with Crippen LogP contribution < -0.4 is 0 Å². The van der Waals surface area contributed by atoms with E-state index in [1.165, 1.54) is 11.8 Å². The molecule has 1 heterocycles. The van der Waals surface area contributed by atoms with E-state index in [4.69, 9.17) is 4.74 Å². The number of rotatable bonds is 5. The summed E-state index contributed by atoms with van der Waals surface area (Å²) in [6, 6.07) is 0. The van der Waals surface area contributed by atoms with E-state index in [9.17, 15) is 9.90 Å². The Kier molecular flexibility index (Phi) is 5.04. The van der Waals surface area contributed by atoms with Gasteiger partial charge < -0.3 is 9.84 Å². The molecule has 1 aliphatic carbocycles. The van der Waals surface area contributed by atoms with Gasteiger partial charge in [-0.1, -0.05) is 11.8 Å². The summed E-state index contributed by atoms with van der Waals surface area (Å²) in [5.74, 6) is 1.13. The summed E-state index contributed by atoms with van der Waals surface area (Å²) in [6.07, 6.45) is 2.60. The number of hydrogen-bond donors (Lipinski definition) is 2. The highest BCUT2D eigenvalue weighted by Gasteiger charge is 2.36. The number of ether oxygens (including phenoxy) is 1. The van der Waals surface area contributed by atoms with Gasteiger partial charge in [0.15, 0.2) is 0 Å². The molecule has 6 nitrogen and oxygen atoms in total. The van der Waals surface area contributed by atoms with Crippen LogP contribution in [0.2, 0.25) is 0 Å². The Morgan fingerprint density at radius 3 is 2.80 bits per heavy atom. The highest BCUT2D eigenvalue weighted by atomic mass is 32.2. The summed E-state index contributed by atoms with van der Waals surface area (Å²) >= 11 is 1.45. The SMILES string of the molecule is CCOC(=O)C1CCC(O)(CSc2n[nH]c(C)n2)CC1. The molecule has 112 valence electrons. The minimum atomic E-state index is -0.734. The van der Waals surface area contributed by atoms with Crippen LogP contribution in [-0.2, 0) is 9.53 Å². The zero-order chi connectivity index (χ0) is 14.6. The van der Waals surface area contributed by atoms with E-state index < -0.39 is 5.60 Å². The van der Waals surface area contributed by atoms with Crippen LogP contribution in [0.25, 0.3) is 0 Å². The molecule has 0 aliphatic heterocycles. The van der Waals surface area contributed by atoms with Gasteiger partial charge in [-0.3, -0.25) is 9.89 Å². The highest BCUT2D eigenvalue weighted by molar-refractivity contribution is 7.99. The van der Waals surface area contributed by atoms with Crippen LogP contribution in [0.4, 0.5) is 0 Å². The third-order valence-corrected chi connectivity index (χ3v) is 4.71. The van der Waals surface area contributed by atoms with Gasteiger partial charge in [0.1, 0.15) is 5.82 Å². The molecule has 0 radical (unpaired) electrons. The van der Waals surface area contributed by atoms with Crippen LogP contribution in [0.15, 0.2) is 5.16 Å². The minimum absolute atomic E-state index is 0.0639. The van der Waals surface area contributed by atoms with Crippen LogP contribution in [0.3, 0.4) is 0 Å². The van der Waals surface area contributed by atoms with Crippen molar-refractivity contribution in [3.63, 3.8) is 0 Å². The van der Waals surface area contributed by atoms with E-state index in [0.717, 1.165) is 5.82 Å². The number of carbonyl (C=O) groups is 1. The normalized spacial score (nSPS) is 26.4. The van der Waals surface area contributed by atoms with Gasteiger partial charge in [-0.25, -0.2) is 4.98 Å². The maximum absolute atomic E-state index is 11.7. The number of aromatic nitrogens is 3. The molecule has 2 N–H and O–H groups in total. The molecular formula is C13H21N3O3S. The Bertz CT molecular complexity index is 455. The van der Waals surface area contributed by atoms with Gasteiger partial charge in [-0.05, 0) is 39.5 Å². The van der Waals surface area contributed by atoms with Crippen LogP contribution in [-0.4, -0.2) is 44.2 Å². The second-order valence-electron chi connectivity index (χ2n) is 5.24. The van der Waals surface area contributed by atoms with Crippen molar-refractivity contribution in [3.8, 4) is 0 Å². The lowest BCUT2D eigenvalue weighted by Gasteiger charge is -2.34. The third-order valence-electron chi connectivity index (χ3n) is 3.58. The summed E-state index contributed by atoms with van der Waals surface area (Å²) in [6.45, 7) is 4.07. The van der Waals surface area contributed by atoms with E-state index >= 15 is 0 Å². The smallest absolute Gasteiger partial charge is 0.308 e. The zero-order valence-electron chi connectivity index (χ0n) is 11.9. The summed E-state index contributed by atoms with van der Waals surface area (Å²) in [5.41, 5.74) is -0.734. The van der Waals surface area contributed by atoms with E-state index in [2.05, 4.69) is 15.2 Å². The van der Waals surface area contributed by atoms with Crippen molar-refractivity contribution in [2.24, 2.45) is 5.92 Å². The lowest BCUT2D eigenvalue weighted by molar-refractivity contribution is -0.150. The number of H-pyrrole nitrogens is 1. The van der Waals surface area contributed by atoms with Crippen molar-refractivity contribution in [2.45, 2.75) is 50.3 Å². The van der Waals surface area contributed by atoms with E-state index in [-0.39, 0.29) is 11.9 Å². The van der Waals surface area contributed by atoms with Crippen molar-refractivity contribution < 1.29 is 14.6 Å². The first-order chi connectivity index (χ1) is 9.52. The first-order valence-corrected chi connectivity index (χ1v) is 7.92. The predicted octanol–water partition coefficient (Wildman–Crippen LogP) is 1.69. The van der Waals surface area contributed by atoms with Crippen LogP contribution in [0.1, 0.15) is 38.4 Å². The van der Waals surface area contributed by atoms with E-state index in [0.29, 0.717) is 43.2 Å². The lowest BCUT2D eigenvalue weighted by Crippen LogP contribution is -2.38. The first-order valence-electron chi connectivity index (χ1n) is 6.93. The molecule has 0 unspecified atom stereocenters. The molecular weight excluding hydrogens is 278 g/mol. The fourth-order valence-electron chi connectivity index (χ4n) is 2.38. The fraction of sp³-hybridized carbons (Fsp3) is 0.769. The Balaban J connectivity index is 1.80. The predicted molar refractivity (Wildman–Crippen MR) is 75.4 cm³/mol. The Labute approximate surface area is 122 Å². The van der Waals surface area contributed by atoms with E-state index in [1.807, 2.05) is 13.8 Å². The number of nitrogens with one attached hydrogen (secondary N) is 1. The fourth-order valence-corrected chi connectivity index (χ4v) is 3.38. The van der Waals surface area contributed by atoms with Crippen LogP contribution >= 0.6 is 11.8 Å². The molecule has 0 atom stereocenters. The number of nitrogens with zero attached hydrogens (tertiary/aromatic N) is 2. The maximum atomic E-state index is 11.7. The van der Waals surface area contributed by atoms with Crippen molar-refractivity contribution in [1.82, 2.24) is 15.2 Å². The number of aliphatic hydroxyl groups is 1. The Hall–Kier alpha value is -1.08. The molecule has 1 aromatic rings. The monoisotopic (exact) mass is 299 g/mol. The summed E-state index contributed by atoms with van der Waals surface area (Å²) in [4.78, 5) is 15.9. The first kappa shape index (κ1) is 15.3. The topological polar surface area (TPSA) is 88.1 Å². The number of carbonyl (C=O) groups excluding carboxylic acids is 1. The van der Waals surface area contributed by atoms with Crippen molar-refractivity contribution >= 4 is 17.7 Å². The summed E-state index contributed by atoms with van der Waals surface area (Å²) in [7, 11) is 0. The standard InChI is InChI=1S/C13H21N3O3S/c1-3-19-11(17)10-4-6-13(18,7-5-10)8-20-12-14-9(2)15-16-12/h10,18H,3-8H2,1-2H3,(H,14,15,16). The molecule has 0 bridgehead atoms. The molecule has 1 fully saturated rings. The second-order valence-corrected chi connectivity index (χ2v) is 6.19. The van der Waals surface area contributed by atoms with Gasteiger partial charge >= 0.3 is 5.97 Å². The number of esters is 1. The molecule has 1 saturated carbocycles. The molecule has 7 heteroatoms.